The van der Waals surface area contributed by atoms with E-state index >= 15 is 0 Å². The van der Waals surface area contributed by atoms with Crippen molar-refractivity contribution < 1.29 is 19.4 Å². The van der Waals surface area contributed by atoms with Gasteiger partial charge in [0.05, 0.1) is 18.8 Å². The van der Waals surface area contributed by atoms with Crippen LogP contribution in [0, 0.1) is 0 Å². The summed E-state index contributed by atoms with van der Waals surface area (Å²) in [5, 5.41) is 12.4. The fourth-order valence-corrected chi connectivity index (χ4v) is 4.99. The summed E-state index contributed by atoms with van der Waals surface area (Å²) in [4.78, 5) is 19.1. The van der Waals surface area contributed by atoms with Crippen LogP contribution in [0.2, 0.25) is 0 Å². The van der Waals surface area contributed by atoms with Crippen LogP contribution >= 0.6 is 0 Å². The molecule has 0 radical (unpaired) electrons. The number of benzene rings is 3. The van der Waals surface area contributed by atoms with E-state index in [9.17, 15) is 9.90 Å². The maximum atomic E-state index is 12.4. The topological polar surface area (TPSA) is 83.9 Å². The minimum Gasteiger partial charge on any atom is -0.392 e. The molecule has 0 saturated carbocycles. The van der Waals surface area contributed by atoms with Crippen molar-refractivity contribution in [3.8, 4) is 0 Å². The Labute approximate surface area is 241 Å². The molecule has 2 heterocycles. The number of aliphatic hydroxyl groups is 1. The summed E-state index contributed by atoms with van der Waals surface area (Å²) in [7, 11) is 2.11. The van der Waals surface area contributed by atoms with Crippen molar-refractivity contribution >= 4 is 5.91 Å². The highest BCUT2D eigenvalue weighted by molar-refractivity contribution is 5.94. The predicted octanol–water partition coefficient (Wildman–Crippen LogP) is 5.22. The maximum Gasteiger partial charge on any atom is 0.251 e. The number of amides is 1. The summed E-state index contributed by atoms with van der Waals surface area (Å²) in [5.41, 5.74) is 5.58. The van der Waals surface area contributed by atoms with Crippen molar-refractivity contribution in [2.24, 2.45) is 0 Å². The first kappa shape index (κ1) is 28.6. The number of carbonyl (C=O) groups excluding carboxylic acids is 1. The average Bonchev–Trinajstić information content (AvgIpc) is 3.03. The number of aliphatic hydroxyl groups excluding tert-OH is 1. The highest BCUT2D eigenvalue weighted by atomic mass is 16.7. The van der Waals surface area contributed by atoms with E-state index in [4.69, 9.17) is 9.47 Å². The van der Waals surface area contributed by atoms with Gasteiger partial charge in [0, 0.05) is 55.5 Å². The second-order valence-corrected chi connectivity index (χ2v) is 10.5. The Morgan fingerprint density at radius 2 is 1.61 bits per heavy atom. The Bertz CT molecular complexity index is 1370. The van der Waals surface area contributed by atoms with Crippen LogP contribution in [0.15, 0.2) is 103 Å². The van der Waals surface area contributed by atoms with Crippen LogP contribution in [0.4, 0.5) is 0 Å². The van der Waals surface area contributed by atoms with Gasteiger partial charge in [-0.2, -0.15) is 0 Å². The van der Waals surface area contributed by atoms with Crippen LogP contribution in [0.25, 0.3) is 0 Å². The molecule has 212 valence electrons. The molecule has 3 unspecified atom stereocenters. The van der Waals surface area contributed by atoms with Gasteiger partial charge in [0.2, 0.25) is 0 Å². The molecule has 0 aliphatic carbocycles. The molecule has 1 fully saturated rings. The molecule has 0 bridgehead atoms. The van der Waals surface area contributed by atoms with Crippen LogP contribution in [-0.2, 0) is 29.0 Å². The van der Waals surface area contributed by atoms with Crippen LogP contribution in [0.5, 0.6) is 0 Å². The number of carbonyl (C=O) groups is 1. The zero-order valence-electron chi connectivity index (χ0n) is 23.4. The van der Waals surface area contributed by atoms with E-state index in [-0.39, 0.29) is 24.7 Å². The molecule has 4 aromatic rings. The van der Waals surface area contributed by atoms with Gasteiger partial charge >= 0.3 is 0 Å². The summed E-state index contributed by atoms with van der Waals surface area (Å²) in [6, 6.07) is 31.2. The van der Waals surface area contributed by atoms with E-state index in [1.165, 1.54) is 0 Å². The molecular formula is C34H37N3O4. The second kappa shape index (κ2) is 14.1. The van der Waals surface area contributed by atoms with E-state index in [0.29, 0.717) is 12.1 Å². The Balaban J connectivity index is 1.24. The molecule has 3 atom stereocenters. The highest BCUT2D eigenvalue weighted by Gasteiger charge is 2.32. The molecule has 41 heavy (non-hydrogen) atoms. The molecule has 2 N–H and O–H groups in total. The molecule has 7 nitrogen and oxygen atoms in total. The van der Waals surface area contributed by atoms with E-state index in [2.05, 4.69) is 28.3 Å². The Morgan fingerprint density at radius 3 is 2.32 bits per heavy atom. The molecule has 1 saturated heterocycles. The molecule has 1 aliphatic heterocycles. The molecule has 7 heteroatoms. The minimum absolute atomic E-state index is 0.0133. The van der Waals surface area contributed by atoms with Gasteiger partial charge in [0.1, 0.15) is 0 Å². The first-order chi connectivity index (χ1) is 20.1. The van der Waals surface area contributed by atoms with Gasteiger partial charge in [-0.15, -0.1) is 0 Å². The van der Waals surface area contributed by atoms with Crippen LogP contribution < -0.4 is 5.32 Å². The fraction of sp³-hybridized carbons (Fsp3) is 0.294. The number of hydrogen-bond acceptors (Lipinski definition) is 6. The quantitative estimate of drug-likeness (QED) is 0.266. The van der Waals surface area contributed by atoms with Crippen molar-refractivity contribution in [3.05, 3.63) is 137 Å². The van der Waals surface area contributed by atoms with Gasteiger partial charge in [-0.05, 0) is 48.0 Å². The fourth-order valence-electron chi connectivity index (χ4n) is 4.99. The summed E-state index contributed by atoms with van der Waals surface area (Å²) in [6.07, 6.45) is 2.74. The Morgan fingerprint density at radius 1 is 0.902 bits per heavy atom. The standard InChI is InChI=1S/C34H37N3O4/c1-37(20-18-30-9-5-6-19-35-30)23-31-21-32(27-14-12-26(24-38)13-15-27)41-34(40-31)29-16-10-25(11-17-29)22-36-33(39)28-7-3-2-4-8-28/h2-17,19,31-32,34,38H,18,20-24H2,1H3,(H,36,39). The molecule has 1 amide bonds. The van der Waals surface area contributed by atoms with E-state index in [0.717, 1.165) is 53.9 Å². The number of aromatic nitrogens is 1. The van der Waals surface area contributed by atoms with Gasteiger partial charge in [0.25, 0.3) is 5.91 Å². The first-order valence-electron chi connectivity index (χ1n) is 14.1. The lowest BCUT2D eigenvalue weighted by Crippen LogP contribution is -2.38. The lowest BCUT2D eigenvalue weighted by Gasteiger charge is -2.38. The summed E-state index contributed by atoms with van der Waals surface area (Å²) in [5.74, 6) is -0.0984. The summed E-state index contributed by atoms with van der Waals surface area (Å²) >= 11 is 0. The molecule has 0 spiro atoms. The third-order valence-corrected chi connectivity index (χ3v) is 7.35. The molecule has 3 aromatic carbocycles. The van der Waals surface area contributed by atoms with Gasteiger partial charge in [-0.25, -0.2) is 0 Å². The van der Waals surface area contributed by atoms with Crippen molar-refractivity contribution in [1.29, 1.82) is 0 Å². The van der Waals surface area contributed by atoms with Crippen molar-refractivity contribution in [1.82, 2.24) is 15.2 Å². The molecule has 1 aromatic heterocycles. The van der Waals surface area contributed by atoms with Gasteiger partial charge < -0.3 is 24.8 Å². The van der Waals surface area contributed by atoms with E-state index in [1.54, 1.807) is 12.1 Å². The number of hydrogen-bond donors (Lipinski definition) is 2. The van der Waals surface area contributed by atoms with E-state index < -0.39 is 6.29 Å². The second-order valence-electron chi connectivity index (χ2n) is 10.5. The predicted molar refractivity (Wildman–Crippen MR) is 158 cm³/mol. The lowest BCUT2D eigenvalue weighted by molar-refractivity contribution is -0.252. The number of rotatable bonds is 11. The summed E-state index contributed by atoms with van der Waals surface area (Å²) < 4.78 is 13.0. The Kier molecular flexibility index (Phi) is 9.88. The van der Waals surface area contributed by atoms with Crippen molar-refractivity contribution in [3.63, 3.8) is 0 Å². The Hall–Kier alpha value is -3.88. The van der Waals surface area contributed by atoms with Crippen LogP contribution in [0.3, 0.4) is 0 Å². The maximum absolute atomic E-state index is 12.4. The highest BCUT2D eigenvalue weighted by Crippen LogP contribution is 2.38. The minimum atomic E-state index is -0.520. The third kappa shape index (κ3) is 8.08. The van der Waals surface area contributed by atoms with Crippen molar-refractivity contribution in [2.75, 3.05) is 20.1 Å². The molecular weight excluding hydrogens is 514 g/mol. The van der Waals surface area contributed by atoms with Crippen LogP contribution in [-0.4, -0.2) is 47.1 Å². The zero-order valence-corrected chi connectivity index (χ0v) is 23.4. The zero-order chi connectivity index (χ0) is 28.4. The number of pyridine rings is 1. The lowest BCUT2D eigenvalue weighted by atomic mass is 9.99. The third-order valence-electron chi connectivity index (χ3n) is 7.35. The van der Waals surface area contributed by atoms with E-state index in [1.807, 2.05) is 85.1 Å². The van der Waals surface area contributed by atoms with Gasteiger partial charge in [-0.1, -0.05) is 72.8 Å². The number of ether oxygens (including phenoxy) is 2. The average molecular weight is 552 g/mol. The number of nitrogens with zero attached hydrogens (tertiary/aromatic N) is 2. The largest absolute Gasteiger partial charge is 0.392 e. The van der Waals surface area contributed by atoms with Crippen LogP contribution in [0.1, 0.15) is 57.1 Å². The van der Waals surface area contributed by atoms with Gasteiger partial charge in [0.15, 0.2) is 6.29 Å². The SMILES string of the molecule is CN(CCc1ccccn1)CC1CC(c2ccc(CO)cc2)OC(c2ccc(CNC(=O)c3ccccc3)cc2)O1. The molecule has 5 rings (SSSR count). The monoisotopic (exact) mass is 551 g/mol. The molecule has 1 aliphatic rings. The number of nitrogens with one attached hydrogen (secondary N) is 1. The normalized spacial score (nSPS) is 18.8. The smallest absolute Gasteiger partial charge is 0.251 e. The first-order valence-corrected chi connectivity index (χ1v) is 14.1. The van der Waals surface area contributed by atoms with Gasteiger partial charge in [-0.3, -0.25) is 9.78 Å². The summed E-state index contributed by atoms with van der Waals surface area (Å²) in [6.45, 7) is 2.09. The van der Waals surface area contributed by atoms with Crippen molar-refractivity contribution in [2.45, 2.75) is 44.5 Å². The number of likely N-dealkylation sites (N-methyl/N-ethyl adjacent to an activating group) is 1.